The molecule has 1 atom stereocenters. The van der Waals surface area contributed by atoms with E-state index in [1.54, 1.807) is 0 Å². The maximum absolute atomic E-state index is 12.4. The van der Waals surface area contributed by atoms with Crippen LogP contribution < -0.4 is 5.32 Å². The van der Waals surface area contributed by atoms with Crippen LogP contribution in [0, 0.1) is 0 Å². The smallest absolute Gasteiger partial charge is 0.253 e. The molecule has 1 unspecified atom stereocenters. The first-order valence-electron chi connectivity index (χ1n) is 6.43. The summed E-state index contributed by atoms with van der Waals surface area (Å²) in [5.74, 6) is 0.110. The highest BCUT2D eigenvalue weighted by Gasteiger charge is 2.24. The van der Waals surface area contributed by atoms with Gasteiger partial charge in [0.1, 0.15) is 0 Å². The lowest BCUT2D eigenvalue weighted by molar-refractivity contribution is 0.0743. The molecule has 0 aromatic heterocycles. The Morgan fingerprint density at radius 1 is 1.37 bits per heavy atom. The van der Waals surface area contributed by atoms with E-state index in [9.17, 15) is 4.79 Å². The summed E-state index contributed by atoms with van der Waals surface area (Å²) in [4.78, 5) is 14.2. The van der Waals surface area contributed by atoms with Gasteiger partial charge in [0.2, 0.25) is 0 Å². The van der Waals surface area contributed by atoms with Crippen molar-refractivity contribution in [3.8, 4) is 0 Å². The Balaban J connectivity index is 0.00000133. The summed E-state index contributed by atoms with van der Waals surface area (Å²) in [6.45, 7) is 3.20. The van der Waals surface area contributed by atoms with E-state index in [1.165, 1.54) is 5.56 Å². The van der Waals surface area contributed by atoms with Crippen LogP contribution in [0.1, 0.15) is 27.9 Å². The lowest BCUT2D eigenvalue weighted by Crippen LogP contribution is -2.38. The van der Waals surface area contributed by atoms with Crippen LogP contribution in [-0.2, 0) is 18.0 Å². The highest BCUT2D eigenvalue weighted by atomic mass is 35.5. The molecule has 5 heteroatoms. The molecule has 3 rings (SSSR count). The van der Waals surface area contributed by atoms with E-state index in [1.807, 2.05) is 30.1 Å². The summed E-state index contributed by atoms with van der Waals surface area (Å²) in [6, 6.07) is 6.22. The molecule has 4 nitrogen and oxygen atoms in total. The van der Waals surface area contributed by atoms with Gasteiger partial charge in [0.15, 0.2) is 0 Å². The largest absolute Gasteiger partial charge is 0.372 e. The second-order valence-electron chi connectivity index (χ2n) is 5.04. The molecule has 1 aromatic carbocycles. The summed E-state index contributed by atoms with van der Waals surface area (Å²) in [6.07, 6.45) is 1.04. The number of benzene rings is 1. The summed E-state index contributed by atoms with van der Waals surface area (Å²) in [7, 11) is 1.89. The van der Waals surface area contributed by atoms with Gasteiger partial charge in [-0.2, -0.15) is 0 Å². The van der Waals surface area contributed by atoms with Crippen LogP contribution in [0.4, 0.5) is 0 Å². The van der Waals surface area contributed by atoms with Crippen molar-refractivity contribution < 1.29 is 9.53 Å². The first kappa shape index (κ1) is 14.3. The first-order chi connectivity index (χ1) is 8.75. The number of nitrogens with one attached hydrogen (secondary N) is 1. The molecule has 1 amide bonds. The average Bonchev–Trinajstić information content (AvgIpc) is 3.06. The topological polar surface area (TPSA) is 41.6 Å². The number of hydrogen-bond donors (Lipinski definition) is 1. The fourth-order valence-electron chi connectivity index (χ4n) is 2.64. The molecule has 0 saturated carbocycles. The molecule has 1 saturated heterocycles. The number of carbonyl (C=O) groups excluding carboxylic acids is 1. The molecule has 1 N–H and O–H groups in total. The summed E-state index contributed by atoms with van der Waals surface area (Å²) < 4.78 is 5.38. The molecule has 2 aliphatic heterocycles. The number of rotatable bonds is 2. The second kappa shape index (κ2) is 5.90. The highest BCUT2D eigenvalue weighted by molar-refractivity contribution is 5.94. The lowest BCUT2D eigenvalue weighted by Gasteiger charge is -2.24. The van der Waals surface area contributed by atoms with Gasteiger partial charge in [0.05, 0.1) is 13.2 Å². The number of hydrogen-bond acceptors (Lipinski definition) is 3. The van der Waals surface area contributed by atoms with Gasteiger partial charge in [-0.25, -0.2) is 0 Å². The van der Waals surface area contributed by atoms with Gasteiger partial charge >= 0.3 is 0 Å². The number of fused-ring (bicyclic) bond motifs is 1. The number of ether oxygens (including phenoxy) is 1. The minimum atomic E-state index is 0. The fraction of sp³-hybridized carbons (Fsp3) is 0.500. The van der Waals surface area contributed by atoms with Crippen LogP contribution in [0.25, 0.3) is 0 Å². The Morgan fingerprint density at radius 3 is 2.89 bits per heavy atom. The van der Waals surface area contributed by atoms with Crippen molar-refractivity contribution in [2.75, 3.05) is 20.1 Å². The molecule has 19 heavy (non-hydrogen) atoms. The zero-order valence-corrected chi connectivity index (χ0v) is 11.8. The number of nitrogens with zero attached hydrogens (tertiary/aromatic N) is 1. The quantitative estimate of drug-likeness (QED) is 0.895. The van der Waals surface area contributed by atoms with E-state index in [2.05, 4.69) is 5.32 Å². The third kappa shape index (κ3) is 2.76. The molecule has 2 aliphatic rings. The summed E-state index contributed by atoms with van der Waals surface area (Å²) >= 11 is 0. The van der Waals surface area contributed by atoms with Crippen LogP contribution in [0.15, 0.2) is 18.2 Å². The maximum atomic E-state index is 12.4. The molecule has 104 valence electrons. The number of likely N-dealkylation sites (N-methyl/N-ethyl adjacent to an activating group) is 1. The Morgan fingerprint density at radius 2 is 2.16 bits per heavy atom. The normalized spacial score (nSPS) is 20.8. The summed E-state index contributed by atoms with van der Waals surface area (Å²) in [5, 5.41) is 3.29. The van der Waals surface area contributed by atoms with Gasteiger partial charge in [-0.05, 0) is 36.2 Å². The van der Waals surface area contributed by atoms with Gasteiger partial charge in [-0.15, -0.1) is 12.4 Å². The zero-order valence-electron chi connectivity index (χ0n) is 11.0. The molecule has 1 aromatic rings. The Labute approximate surface area is 119 Å². The van der Waals surface area contributed by atoms with Gasteiger partial charge < -0.3 is 15.0 Å². The van der Waals surface area contributed by atoms with Crippen LogP contribution in [0.2, 0.25) is 0 Å². The van der Waals surface area contributed by atoms with Gasteiger partial charge in [0.25, 0.3) is 5.91 Å². The Bertz CT molecular complexity index is 473. The molecular weight excluding hydrogens is 264 g/mol. The minimum Gasteiger partial charge on any atom is -0.372 e. The maximum Gasteiger partial charge on any atom is 0.253 e. The number of amides is 1. The van der Waals surface area contributed by atoms with Crippen molar-refractivity contribution in [2.45, 2.75) is 25.7 Å². The number of halogens is 1. The molecular formula is C14H19ClN2O2. The van der Waals surface area contributed by atoms with Crippen molar-refractivity contribution in [3.63, 3.8) is 0 Å². The van der Waals surface area contributed by atoms with Crippen molar-refractivity contribution in [1.82, 2.24) is 10.2 Å². The molecule has 0 radical (unpaired) electrons. The average molecular weight is 283 g/mol. The van der Waals surface area contributed by atoms with Crippen molar-refractivity contribution in [2.24, 2.45) is 0 Å². The Kier molecular flexibility index (Phi) is 4.45. The van der Waals surface area contributed by atoms with Crippen molar-refractivity contribution in [1.29, 1.82) is 0 Å². The first-order valence-corrected chi connectivity index (χ1v) is 6.43. The van der Waals surface area contributed by atoms with E-state index in [4.69, 9.17) is 4.74 Å². The third-order valence-corrected chi connectivity index (χ3v) is 3.87. The number of carbonyl (C=O) groups is 1. The molecule has 0 bridgehead atoms. The van der Waals surface area contributed by atoms with Crippen molar-refractivity contribution >= 4 is 18.3 Å². The van der Waals surface area contributed by atoms with E-state index in [0.29, 0.717) is 19.3 Å². The summed E-state index contributed by atoms with van der Waals surface area (Å²) in [5.41, 5.74) is 3.13. The predicted octanol–water partition coefficient (Wildman–Crippen LogP) is 1.57. The predicted molar refractivity (Wildman–Crippen MR) is 75.6 cm³/mol. The van der Waals surface area contributed by atoms with Crippen LogP contribution in [0.5, 0.6) is 0 Å². The van der Waals surface area contributed by atoms with Crippen LogP contribution >= 0.6 is 12.4 Å². The van der Waals surface area contributed by atoms with E-state index >= 15 is 0 Å². The Hall–Kier alpha value is -1.10. The lowest BCUT2D eigenvalue weighted by atomic mass is 10.0. The third-order valence-electron chi connectivity index (χ3n) is 3.87. The molecule has 0 spiro atoms. The fourth-order valence-corrected chi connectivity index (χ4v) is 2.64. The van der Waals surface area contributed by atoms with Gasteiger partial charge in [-0.3, -0.25) is 4.79 Å². The molecule has 2 heterocycles. The molecule has 0 aliphatic carbocycles. The van der Waals surface area contributed by atoms with E-state index in [0.717, 1.165) is 30.6 Å². The van der Waals surface area contributed by atoms with Gasteiger partial charge in [0, 0.05) is 25.2 Å². The standard InChI is InChI=1S/C14H18N2O2.ClH/c1-16(13-4-5-15-7-13)14(17)10-2-3-11-8-18-9-12(11)6-10;/h2-3,6,13,15H,4-5,7-9H2,1H3;1H. The SMILES string of the molecule is CN(C(=O)c1ccc2c(c1)COC2)C1CCNC1.Cl. The monoisotopic (exact) mass is 282 g/mol. The molecule has 1 fully saturated rings. The minimum absolute atomic E-state index is 0. The van der Waals surface area contributed by atoms with Crippen LogP contribution in [-0.4, -0.2) is 37.0 Å². The zero-order chi connectivity index (χ0) is 12.5. The van der Waals surface area contributed by atoms with Gasteiger partial charge in [-0.1, -0.05) is 6.07 Å². The van der Waals surface area contributed by atoms with Crippen molar-refractivity contribution in [3.05, 3.63) is 34.9 Å². The van der Waals surface area contributed by atoms with E-state index in [-0.39, 0.29) is 18.3 Å². The van der Waals surface area contributed by atoms with E-state index < -0.39 is 0 Å². The second-order valence-corrected chi connectivity index (χ2v) is 5.04. The van der Waals surface area contributed by atoms with Crippen LogP contribution in [0.3, 0.4) is 0 Å². The highest BCUT2D eigenvalue weighted by Crippen LogP contribution is 2.22.